The monoisotopic (exact) mass is 274 g/mol. The van der Waals surface area contributed by atoms with Crippen molar-refractivity contribution in [3.63, 3.8) is 0 Å². The van der Waals surface area contributed by atoms with Crippen LogP contribution >= 0.6 is 0 Å². The lowest BCUT2D eigenvalue weighted by Gasteiger charge is -2.20. The van der Waals surface area contributed by atoms with E-state index < -0.39 is 15.6 Å². The van der Waals surface area contributed by atoms with Crippen LogP contribution in [0.15, 0.2) is 17.6 Å². The number of sulfonamides is 1. The SMILES string of the molecule is CCn1cnc(S(=O)(=O)NCC2(O)CCNC2)c1. The number of nitrogens with one attached hydrogen (secondary N) is 2. The summed E-state index contributed by atoms with van der Waals surface area (Å²) in [6.45, 7) is 3.66. The van der Waals surface area contributed by atoms with E-state index in [9.17, 15) is 13.5 Å². The van der Waals surface area contributed by atoms with Crippen molar-refractivity contribution in [3.05, 3.63) is 12.5 Å². The summed E-state index contributed by atoms with van der Waals surface area (Å²) in [7, 11) is -3.64. The van der Waals surface area contributed by atoms with Gasteiger partial charge in [-0.25, -0.2) is 18.1 Å². The summed E-state index contributed by atoms with van der Waals surface area (Å²) in [4.78, 5) is 3.84. The molecule has 0 radical (unpaired) electrons. The Bertz CT molecular complexity index is 505. The van der Waals surface area contributed by atoms with Gasteiger partial charge in [0.05, 0.1) is 11.9 Å². The van der Waals surface area contributed by atoms with Gasteiger partial charge in [0, 0.05) is 25.8 Å². The number of hydrogen-bond acceptors (Lipinski definition) is 5. The van der Waals surface area contributed by atoms with E-state index in [0.717, 1.165) is 0 Å². The fourth-order valence-corrected chi connectivity index (χ4v) is 2.90. The number of nitrogens with zero attached hydrogens (tertiary/aromatic N) is 2. The Morgan fingerprint density at radius 3 is 3.00 bits per heavy atom. The first-order valence-electron chi connectivity index (χ1n) is 5.90. The van der Waals surface area contributed by atoms with Crippen molar-refractivity contribution >= 4 is 10.0 Å². The highest BCUT2D eigenvalue weighted by molar-refractivity contribution is 7.89. The van der Waals surface area contributed by atoms with E-state index >= 15 is 0 Å². The smallest absolute Gasteiger partial charge is 0.259 e. The van der Waals surface area contributed by atoms with Crippen LogP contribution in [-0.2, 0) is 16.6 Å². The first-order chi connectivity index (χ1) is 8.45. The minimum absolute atomic E-state index is 0.00131. The van der Waals surface area contributed by atoms with Crippen LogP contribution in [0.5, 0.6) is 0 Å². The molecule has 0 bridgehead atoms. The van der Waals surface area contributed by atoms with E-state index in [4.69, 9.17) is 0 Å². The fourth-order valence-electron chi connectivity index (χ4n) is 1.84. The Morgan fingerprint density at radius 1 is 1.67 bits per heavy atom. The Labute approximate surface area is 106 Å². The Balaban J connectivity index is 2.03. The van der Waals surface area contributed by atoms with Crippen molar-refractivity contribution in [2.45, 2.75) is 30.5 Å². The Morgan fingerprint density at radius 2 is 2.44 bits per heavy atom. The maximum Gasteiger partial charge on any atom is 0.259 e. The van der Waals surface area contributed by atoms with Gasteiger partial charge in [-0.05, 0) is 19.9 Å². The van der Waals surface area contributed by atoms with Crippen molar-refractivity contribution in [3.8, 4) is 0 Å². The lowest BCUT2D eigenvalue weighted by atomic mass is 10.1. The molecule has 7 nitrogen and oxygen atoms in total. The highest BCUT2D eigenvalue weighted by Crippen LogP contribution is 2.14. The molecule has 1 saturated heterocycles. The average Bonchev–Trinajstić information content (AvgIpc) is 2.96. The van der Waals surface area contributed by atoms with Gasteiger partial charge < -0.3 is 15.0 Å². The zero-order chi connectivity index (χ0) is 13.2. The summed E-state index contributed by atoms with van der Waals surface area (Å²) in [6.07, 6.45) is 3.48. The fraction of sp³-hybridized carbons (Fsp3) is 0.700. The quantitative estimate of drug-likeness (QED) is 0.634. The summed E-state index contributed by atoms with van der Waals surface area (Å²) in [6, 6.07) is 0. The van der Waals surface area contributed by atoms with Gasteiger partial charge in [0.1, 0.15) is 0 Å². The number of rotatable bonds is 5. The van der Waals surface area contributed by atoms with E-state index in [1.165, 1.54) is 12.5 Å². The average molecular weight is 274 g/mol. The standard InChI is InChI=1S/C10H18N4O3S/c1-2-14-5-9(12-8-14)18(16,17)13-7-10(15)3-4-11-6-10/h5,8,11,13,15H,2-4,6-7H2,1H3. The van der Waals surface area contributed by atoms with Crippen LogP contribution in [0.3, 0.4) is 0 Å². The molecule has 0 saturated carbocycles. The van der Waals surface area contributed by atoms with Crippen LogP contribution < -0.4 is 10.0 Å². The van der Waals surface area contributed by atoms with Gasteiger partial charge in [-0.15, -0.1) is 0 Å². The number of β-amino-alcohol motifs (C(OH)–C–C–N with tert-alkyl or cyclic N) is 1. The number of imidazole rings is 1. The minimum Gasteiger partial charge on any atom is -0.387 e. The zero-order valence-corrected chi connectivity index (χ0v) is 11.1. The van der Waals surface area contributed by atoms with E-state index in [1.54, 1.807) is 4.57 Å². The maximum atomic E-state index is 11.9. The molecule has 102 valence electrons. The Kier molecular flexibility index (Phi) is 3.71. The molecule has 1 unspecified atom stereocenters. The van der Waals surface area contributed by atoms with Gasteiger partial charge in [0.2, 0.25) is 0 Å². The van der Waals surface area contributed by atoms with Crippen LogP contribution in [0, 0.1) is 0 Å². The number of aryl methyl sites for hydroxylation is 1. The zero-order valence-electron chi connectivity index (χ0n) is 10.3. The van der Waals surface area contributed by atoms with Crippen LogP contribution in [0.25, 0.3) is 0 Å². The van der Waals surface area contributed by atoms with Gasteiger partial charge in [0.15, 0.2) is 5.03 Å². The third kappa shape index (κ3) is 2.89. The lowest BCUT2D eigenvalue weighted by molar-refractivity contribution is 0.0667. The van der Waals surface area contributed by atoms with Crippen LogP contribution in [0.1, 0.15) is 13.3 Å². The third-order valence-electron chi connectivity index (χ3n) is 3.06. The summed E-state index contributed by atoms with van der Waals surface area (Å²) in [5.74, 6) is 0. The second-order valence-electron chi connectivity index (χ2n) is 4.52. The van der Waals surface area contributed by atoms with Crippen molar-refractivity contribution in [2.75, 3.05) is 19.6 Å². The van der Waals surface area contributed by atoms with E-state index in [0.29, 0.717) is 26.1 Å². The molecule has 0 aliphatic carbocycles. The summed E-state index contributed by atoms with van der Waals surface area (Å²) < 4.78 is 28.0. The number of aromatic nitrogens is 2. The lowest BCUT2D eigenvalue weighted by Crippen LogP contribution is -2.44. The molecule has 2 rings (SSSR count). The topological polar surface area (TPSA) is 96.2 Å². The predicted octanol–water partition coefficient (Wildman–Crippen LogP) is -1.09. The molecule has 18 heavy (non-hydrogen) atoms. The van der Waals surface area contributed by atoms with Crippen molar-refractivity contribution in [2.24, 2.45) is 0 Å². The number of hydrogen-bond donors (Lipinski definition) is 3. The molecule has 1 aromatic rings. The van der Waals surface area contributed by atoms with Crippen LogP contribution in [0.4, 0.5) is 0 Å². The van der Waals surface area contributed by atoms with Crippen LogP contribution in [-0.4, -0.2) is 48.3 Å². The molecule has 8 heteroatoms. The summed E-state index contributed by atoms with van der Waals surface area (Å²) in [5.41, 5.74) is -1.000. The summed E-state index contributed by atoms with van der Waals surface area (Å²) in [5, 5.41) is 13.0. The normalized spacial score (nSPS) is 24.6. The highest BCUT2D eigenvalue weighted by atomic mass is 32.2. The van der Waals surface area contributed by atoms with Crippen molar-refractivity contribution < 1.29 is 13.5 Å². The molecule has 1 aliphatic rings. The van der Waals surface area contributed by atoms with Crippen molar-refractivity contribution in [1.82, 2.24) is 19.6 Å². The van der Waals surface area contributed by atoms with Crippen LogP contribution in [0.2, 0.25) is 0 Å². The van der Waals surface area contributed by atoms with Gasteiger partial charge in [0.25, 0.3) is 10.0 Å². The second-order valence-corrected chi connectivity index (χ2v) is 6.23. The van der Waals surface area contributed by atoms with Gasteiger partial charge in [-0.2, -0.15) is 0 Å². The summed E-state index contributed by atoms with van der Waals surface area (Å²) >= 11 is 0. The van der Waals surface area contributed by atoms with Gasteiger partial charge >= 0.3 is 0 Å². The Hall–Kier alpha value is -0.960. The maximum absolute atomic E-state index is 11.9. The molecule has 2 heterocycles. The van der Waals surface area contributed by atoms with Gasteiger partial charge in [-0.1, -0.05) is 0 Å². The second kappa shape index (κ2) is 4.96. The van der Waals surface area contributed by atoms with E-state index in [1.807, 2.05) is 6.92 Å². The molecule has 1 aliphatic heterocycles. The first kappa shape index (κ1) is 13.5. The third-order valence-corrected chi connectivity index (χ3v) is 4.35. The molecule has 0 aromatic carbocycles. The molecule has 1 fully saturated rings. The van der Waals surface area contributed by atoms with Crippen molar-refractivity contribution in [1.29, 1.82) is 0 Å². The molecule has 1 atom stereocenters. The molecule has 0 spiro atoms. The first-order valence-corrected chi connectivity index (χ1v) is 7.38. The predicted molar refractivity (Wildman–Crippen MR) is 65.5 cm³/mol. The van der Waals surface area contributed by atoms with E-state index in [-0.39, 0.29) is 11.6 Å². The number of aliphatic hydroxyl groups is 1. The van der Waals surface area contributed by atoms with Gasteiger partial charge in [-0.3, -0.25) is 0 Å². The molecular weight excluding hydrogens is 256 g/mol. The molecular formula is C10H18N4O3S. The molecule has 0 amide bonds. The van der Waals surface area contributed by atoms with E-state index in [2.05, 4.69) is 15.0 Å². The molecule has 3 N–H and O–H groups in total. The highest BCUT2D eigenvalue weighted by Gasteiger charge is 2.32. The minimum atomic E-state index is -3.64. The largest absolute Gasteiger partial charge is 0.387 e. The molecule has 1 aromatic heterocycles.